The van der Waals surface area contributed by atoms with Crippen LogP contribution in [0.4, 0.5) is 5.69 Å². The van der Waals surface area contributed by atoms with Crippen LogP contribution in [0, 0.1) is 0 Å². The zero-order valence-corrected chi connectivity index (χ0v) is 12.7. The first-order chi connectivity index (χ1) is 9.70. The monoisotopic (exact) mass is 295 g/mol. The second-order valence-corrected chi connectivity index (χ2v) is 5.48. The maximum absolute atomic E-state index is 11.6. The van der Waals surface area contributed by atoms with Crippen LogP contribution in [0.25, 0.3) is 0 Å². The molecule has 2 rings (SSSR count). The van der Waals surface area contributed by atoms with Crippen LogP contribution in [-0.2, 0) is 11.3 Å². The summed E-state index contributed by atoms with van der Waals surface area (Å²) in [5, 5.41) is 6.99. The van der Waals surface area contributed by atoms with Gasteiger partial charge in [0.2, 0.25) is 5.91 Å². The van der Waals surface area contributed by atoms with E-state index in [-0.39, 0.29) is 5.91 Å². The maximum atomic E-state index is 11.6. The van der Waals surface area contributed by atoms with Crippen LogP contribution in [-0.4, -0.2) is 32.1 Å². The summed E-state index contributed by atoms with van der Waals surface area (Å²) in [7, 11) is 0. The first-order valence-corrected chi connectivity index (χ1v) is 7.59. The van der Waals surface area contributed by atoms with Crippen molar-refractivity contribution in [3.63, 3.8) is 0 Å². The molecule has 1 saturated heterocycles. The number of nitrogens with one attached hydrogen (secondary N) is 2. The highest BCUT2D eigenvalue weighted by molar-refractivity contribution is 6.31. The molecule has 0 radical (unpaired) electrons. The van der Waals surface area contributed by atoms with Crippen molar-refractivity contribution in [1.29, 1.82) is 0 Å². The summed E-state index contributed by atoms with van der Waals surface area (Å²) in [6.07, 6.45) is 2.07. The number of rotatable bonds is 5. The van der Waals surface area contributed by atoms with E-state index in [9.17, 15) is 4.79 Å². The van der Waals surface area contributed by atoms with Gasteiger partial charge >= 0.3 is 0 Å². The van der Waals surface area contributed by atoms with Crippen LogP contribution in [0.2, 0.25) is 5.02 Å². The molecule has 0 saturated carbocycles. The lowest BCUT2D eigenvalue weighted by molar-refractivity contribution is -0.119. The van der Waals surface area contributed by atoms with Gasteiger partial charge in [-0.3, -0.25) is 4.79 Å². The third-order valence-corrected chi connectivity index (χ3v) is 3.76. The molecule has 1 heterocycles. The van der Waals surface area contributed by atoms with Crippen molar-refractivity contribution >= 4 is 23.2 Å². The van der Waals surface area contributed by atoms with Gasteiger partial charge in [0.05, 0.1) is 6.54 Å². The summed E-state index contributed by atoms with van der Waals surface area (Å²) in [5.41, 5.74) is 2.12. The number of amides is 1. The lowest BCUT2D eigenvalue weighted by Crippen LogP contribution is -2.33. The molecule has 1 aliphatic rings. The molecule has 1 aromatic carbocycles. The normalized spacial score (nSPS) is 15.9. The van der Waals surface area contributed by atoms with E-state index in [1.165, 1.54) is 0 Å². The molecule has 20 heavy (non-hydrogen) atoms. The molecule has 0 aliphatic carbocycles. The van der Waals surface area contributed by atoms with Gasteiger partial charge in [-0.1, -0.05) is 24.6 Å². The SMILES string of the molecule is CCCNCc1ccc(N2CCCNC(=O)C2)cc1Cl. The van der Waals surface area contributed by atoms with Crippen molar-refractivity contribution in [3.05, 3.63) is 28.8 Å². The molecule has 5 heteroatoms. The van der Waals surface area contributed by atoms with Crippen molar-refractivity contribution in [2.24, 2.45) is 0 Å². The largest absolute Gasteiger partial charge is 0.362 e. The highest BCUT2D eigenvalue weighted by Gasteiger charge is 2.15. The number of carbonyl (C=O) groups is 1. The molecule has 0 spiro atoms. The number of hydrogen-bond donors (Lipinski definition) is 2. The van der Waals surface area contributed by atoms with Crippen molar-refractivity contribution in [2.45, 2.75) is 26.3 Å². The van der Waals surface area contributed by atoms with E-state index in [1.807, 2.05) is 18.2 Å². The number of anilines is 1. The number of halogens is 1. The fourth-order valence-corrected chi connectivity index (χ4v) is 2.54. The number of benzene rings is 1. The van der Waals surface area contributed by atoms with Gasteiger partial charge in [-0.2, -0.15) is 0 Å². The summed E-state index contributed by atoms with van der Waals surface area (Å²) in [6, 6.07) is 6.06. The molecule has 1 aromatic rings. The second kappa shape index (κ2) is 7.50. The van der Waals surface area contributed by atoms with Gasteiger partial charge in [0.15, 0.2) is 0 Å². The van der Waals surface area contributed by atoms with Crippen LogP contribution in [0.3, 0.4) is 0 Å². The van der Waals surface area contributed by atoms with Crippen LogP contribution in [0.15, 0.2) is 18.2 Å². The first-order valence-electron chi connectivity index (χ1n) is 7.21. The highest BCUT2D eigenvalue weighted by atomic mass is 35.5. The lowest BCUT2D eigenvalue weighted by atomic mass is 10.2. The molecule has 1 amide bonds. The predicted octanol–water partition coefficient (Wildman–Crippen LogP) is 2.17. The van der Waals surface area contributed by atoms with Gasteiger partial charge in [-0.05, 0) is 37.1 Å². The van der Waals surface area contributed by atoms with E-state index < -0.39 is 0 Å². The molecule has 0 bridgehead atoms. The van der Waals surface area contributed by atoms with Crippen LogP contribution in [0.1, 0.15) is 25.3 Å². The molecule has 0 aromatic heterocycles. The third kappa shape index (κ3) is 4.12. The minimum Gasteiger partial charge on any atom is -0.362 e. The molecular formula is C15H22ClN3O. The minimum absolute atomic E-state index is 0.0762. The molecule has 0 atom stereocenters. The standard InChI is InChI=1S/C15H22ClN3O/c1-2-6-17-10-12-4-5-13(9-14(12)16)19-8-3-7-18-15(20)11-19/h4-5,9,17H,2-3,6-8,10-11H2,1H3,(H,18,20). The topological polar surface area (TPSA) is 44.4 Å². The van der Waals surface area contributed by atoms with Gasteiger partial charge in [0, 0.05) is 30.3 Å². The van der Waals surface area contributed by atoms with Crippen molar-refractivity contribution in [1.82, 2.24) is 10.6 Å². The zero-order valence-electron chi connectivity index (χ0n) is 11.9. The average Bonchev–Trinajstić information content (AvgIpc) is 2.65. The van der Waals surface area contributed by atoms with Gasteiger partial charge < -0.3 is 15.5 Å². The zero-order chi connectivity index (χ0) is 14.4. The van der Waals surface area contributed by atoms with Crippen molar-refractivity contribution in [2.75, 3.05) is 31.1 Å². The third-order valence-electron chi connectivity index (χ3n) is 3.41. The van der Waals surface area contributed by atoms with Gasteiger partial charge in [0.25, 0.3) is 0 Å². The van der Waals surface area contributed by atoms with E-state index in [2.05, 4.69) is 22.5 Å². The van der Waals surface area contributed by atoms with Gasteiger partial charge in [-0.15, -0.1) is 0 Å². The Morgan fingerprint density at radius 1 is 1.45 bits per heavy atom. The van der Waals surface area contributed by atoms with E-state index in [0.29, 0.717) is 6.54 Å². The van der Waals surface area contributed by atoms with E-state index in [4.69, 9.17) is 11.6 Å². The fraction of sp³-hybridized carbons (Fsp3) is 0.533. The number of carbonyl (C=O) groups excluding carboxylic acids is 1. The molecular weight excluding hydrogens is 274 g/mol. The van der Waals surface area contributed by atoms with Crippen molar-refractivity contribution < 1.29 is 4.79 Å². The summed E-state index contributed by atoms with van der Waals surface area (Å²) in [4.78, 5) is 13.7. The second-order valence-electron chi connectivity index (χ2n) is 5.08. The Kier molecular flexibility index (Phi) is 5.68. The average molecular weight is 296 g/mol. The summed E-state index contributed by atoms with van der Waals surface area (Å²) in [6.45, 7) is 5.95. The molecule has 4 nitrogen and oxygen atoms in total. The van der Waals surface area contributed by atoms with Crippen LogP contribution in [0.5, 0.6) is 0 Å². The van der Waals surface area contributed by atoms with Gasteiger partial charge in [-0.25, -0.2) is 0 Å². The molecule has 0 unspecified atom stereocenters. The van der Waals surface area contributed by atoms with E-state index >= 15 is 0 Å². The van der Waals surface area contributed by atoms with Crippen LogP contribution >= 0.6 is 11.6 Å². The highest BCUT2D eigenvalue weighted by Crippen LogP contribution is 2.24. The Labute approximate surface area is 125 Å². The summed E-state index contributed by atoms with van der Waals surface area (Å²) in [5.74, 6) is 0.0762. The summed E-state index contributed by atoms with van der Waals surface area (Å²) < 4.78 is 0. The van der Waals surface area contributed by atoms with Gasteiger partial charge in [0.1, 0.15) is 0 Å². The maximum Gasteiger partial charge on any atom is 0.239 e. The van der Waals surface area contributed by atoms with Crippen molar-refractivity contribution in [3.8, 4) is 0 Å². The minimum atomic E-state index is 0.0762. The number of hydrogen-bond acceptors (Lipinski definition) is 3. The Balaban J connectivity index is 2.05. The van der Waals surface area contributed by atoms with E-state index in [0.717, 1.165) is 55.3 Å². The summed E-state index contributed by atoms with van der Waals surface area (Å²) >= 11 is 6.34. The Bertz CT molecular complexity index is 464. The predicted molar refractivity (Wildman–Crippen MR) is 83.3 cm³/mol. The fourth-order valence-electron chi connectivity index (χ4n) is 2.30. The molecule has 1 fully saturated rings. The first kappa shape index (κ1) is 15.1. The van der Waals surface area contributed by atoms with E-state index in [1.54, 1.807) is 0 Å². The quantitative estimate of drug-likeness (QED) is 0.818. The Morgan fingerprint density at radius 3 is 3.05 bits per heavy atom. The Hall–Kier alpha value is -1.26. The van der Waals surface area contributed by atoms with Crippen LogP contribution < -0.4 is 15.5 Å². The molecule has 2 N–H and O–H groups in total. The lowest BCUT2D eigenvalue weighted by Gasteiger charge is -2.22. The molecule has 110 valence electrons. The Morgan fingerprint density at radius 2 is 2.30 bits per heavy atom. The molecule has 1 aliphatic heterocycles. The number of nitrogens with zero attached hydrogens (tertiary/aromatic N) is 1. The smallest absolute Gasteiger partial charge is 0.239 e.